The van der Waals surface area contributed by atoms with E-state index in [1.54, 1.807) is 42.1 Å². The number of carbonyl (C=O) groups excluding carboxylic acids is 1. The number of thiazole rings is 1. The summed E-state index contributed by atoms with van der Waals surface area (Å²) in [6.07, 6.45) is 2.81. The maximum Gasteiger partial charge on any atom is 0.243 e. The number of carbonyl (C=O) groups is 1. The average molecular weight is 466 g/mol. The number of rotatable bonds is 5. The molecule has 0 spiro atoms. The zero-order valence-electron chi connectivity index (χ0n) is 16.2. The molecule has 158 valence electrons. The highest BCUT2D eigenvalue weighted by molar-refractivity contribution is 7.98. The molecule has 1 aliphatic heterocycles. The molecule has 30 heavy (non-hydrogen) atoms. The first kappa shape index (κ1) is 21.2. The van der Waals surface area contributed by atoms with Gasteiger partial charge in [-0.15, -0.1) is 11.8 Å². The number of nitrogens with zero attached hydrogens (tertiary/aromatic N) is 2. The maximum absolute atomic E-state index is 13.3. The number of hydrogen-bond acceptors (Lipinski definition) is 6. The number of fused-ring (bicyclic) bond motifs is 1. The summed E-state index contributed by atoms with van der Waals surface area (Å²) in [7, 11) is -3.57. The molecule has 1 N–H and O–H groups in total. The highest BCUT2D eigenvalue weighted by Gasteiger charge is 2.32. The molecular formula is C20H20FN3O3S3. The summed E-state index contributed by atoms with van der Waals surface area (Å²) < 4.78 is 41.2. The molecule has 1 amide bonds. The zero-order valence-corrected chi connectivity index (χ0v) is 18.6. The molecule has 0 atom stereocenters. The minimum absolute atomic E-state index is 0.184. The number of nitrogens with one attached hydrogen (secondary N) is 1. The molecule has 0 radical (unpaired) electrons. The fourth-order valence-corrected chi connectivity index (χ4v) is 6.19. The van der Waals surface area contributed by atoms with Crippen LogP contribution >= 0.6 is 23.1 Å². The second-order valence-corrected chi connectivity index (χ2v) is 10.8. The van der Waals surface area contributed by atoms with Crippen molar-refractivity contribution in [3.05, 3.63) is 48.3 Å². The molecule has 1 fully saturated rings. The fourth-order valence-electron chi connectivity index (χ4n) is 3.41. The van der Waals surface area contributed by atoms with Crippen LogP contribution < -0.4 is 5.32 Å². The first-order valence-electron chi connectivity index (χ1n) is 9.38. The number of thioether (sulfide) groups is 1. The number of aromatic nitrogens is 1. The predicted octanol–water partition coefficient (Wildman–Crippen LogP) is 4.20. The van der Waals surface area contributed by atoms with Gasteiger partial charge in [-0.1, -0.05) is 11.3 Å². The van der Waals surface area contributed by atoms with Gasteiger partial charge in [-0.05, 0) is 61.6 Å². The van der Waals surface area contributed by atoms with Gasteiger partial charge >= 0.3 is 0 Å². The number of sulfonamides is 1. The van der Waals surface area contributed by atoms with Crippen LogP contribution in [0.25, 0.3) is 10.2 Å². The van der Waals surface area contributed by atoms with E-state index in [0.717, 1.165) is 4.90 Å². The van der Waals surface area contributed by atoms with Crippen LogP contribution in [0.2, 0.25) is 0 Å². The Morgan fingerprint density at radius 3 is 2.57 bits per heavy atom. The Kier molecular flexibility index (Phi) is 6.10. The van der Waals surface area contributed by atoms with Crippen molar-refractivity contribution in [3.63, 3.8) is 0 Å². The predicted molar refractivity (Wildman–Crippen MR) is 118 cm³/mol. The fraction of sp³-hybridized carbons (Fsp3) is 0.300. The lowest BCUT2D eigenvalue weighted by Crippen LogP contribution is -2.41. The van der Waals surface area contributed by atoms with Gasteiger partial charge in [0.25, 0.3) is 0 Å². The van der Waals surface area contributed by atoms with Gasteiger partial charge in [-0.2, -0.15) is 4.31 Å². The number of piperidine rings is 1. The van der Waals surface area contributed by atoms with Crippen molar-refractivity contribution in [2.45, 2.75) is 22.6 Å². The van der Waals surface area contributed by atoms with Crippen molar-refractivity contribution in [1.82, 2.24) is 9.29 Å². The van der Waals surface area contributed by atoms with Crippen LogP contribution in [0.4, 0.5) is 9.52 Å². The topological polar surface area (TPSA) is 79.4 Å². The second kappa shape index (κ2) is 8.62. The van der Waals surface area contributed by atoms with Crippen LogP contribution in [0.5, 0.6) is 0 Å². The molecule has 2 heterocycles. The summed E-state index contributed by atoms with van der Waals surface area (Å²) in [4.78, 5) is 18.2. The van der Waals surface area contributed by atoms with E-state index in [0.29, 0.717) is 28.2 Å². The van der Waals surface area contributed by atoms with Gasteiger partial charge in [-0.25, -0.2) is 17.8 Å². The molecule has 1 aliphatic rings. The van der Waals surface area contributed by atoms with Crippen molar-refractivity contribution < 1.29 is 17.6 Å². The molecule has 10 heteroatoms. The largest absolute Gasteiger partial charge is 0.302 e. The van der Waals surface area contributed by atoms with Crippen molar-refractivity contribution in [2.75, 3.05) is 24.7 Å². The van der Waals surface area contributed by atoms with Gasteiger partial charge < -0.3 is 5.32 Å². The molecule has 1 saturated heterocycles. The average Bonchev–Trinajstić information content (AvgIpc) is 3.15. The van der Waals surface area contributed by atoms with Gasteiger partial charge in [0.15, 0.2) is 5.13 Å². The van der Waals surface area contributed by atoms with Crippen LogP contribution in [-0.4, -0.2) is 43.0 Å². The molecular weight excluding hydrogens is 445 g/mol. The highest BCUT2D eigenvalue weighted by atomic mass is 32.2. The van der Waals surface area contributed by atoms with E-state index in [1.807, 2.05) is 6.26 Å². The summed E-state index contributed by atoms with van der Waals surface area (Å²) in [5.41, 5.74) is 0.630. The quantitative estimate of drug-likeness (QED) is 0.572. The van der Waals surface area contributed by atoms with Crippen molar-refractivity contribution in [2.24, 2.45) is 5.92 Å². The number of benzene rings is 2. The van der Waals surface area contributed by atoms with Crippen molar-refractivity contribution in [1.29, 1.82) is 0 Å². The van der Waals surface area contributed by atoms with Gasteiger partial charge in [0.05, 0.1) is 15.1 Å². The van der Waals surface area contributed by atoms with Crippen molar-refractivity contribution in [3.8, 4) is 0 Å². The number of anilines is 1. The monoisotopic (exact) mass is 465 g/mol. The van der Waals surface area contributed by atoms with Crippen LogP contribution in [0.15, 0.2) is 52.3 Å². The SMILES string of the molecule is CSc1ccc(S(=O)(=O)N2CCC(C(=O)Nc3nc4ccc(F)cc4s3)CC2)cc1. The molecule has 0 unspecified atom stereocenters. The zero-order chi connectivity index (χ0) is 21.3. The summed E-state index contributed by atoms with van der Waals surface area (Å²) in [6, 6.07) is 11.1. The van der Waals surface area contributed by atoms with E-state index >= 15 is 0 Å². The molecule has 1 aromatic heterocycles. The first-order valence-corrected chi connectivity index (χ1v) is 12.9. The Morgan fingerprint density at radius 2 is 1.90 bits per heavy atom. The first-order chi connectivity index (χ1) is 14.4. The summed E-state index contributed by atoms with van der Waals surface area (Å²) in [5.74, 6) is -0.823. The maximum atomic E-state index is 13.3. The van der Waals surface area contributed by atoms with Crippen molar-refractivity contribution >= 4 is 54.4 Å². The third-order valence-corrected chi connectivity index (χ3v) is 8.69. The number of hydrogen-bond donors (Lipinski definition) is 1. The van der Waals surface area contributed by atoms with Gasteiger partial charge in [0, 0.05) is 23.9 Å². The normalized spacial score (nSPS) is 16.1. The van der Waals surface area contributed by atoms with Crippen LogP contribution in [0, 0.1) is 11.7 Å². The minimum Gasteiger partial charge on any atom is -0.302 e. The summed E-state index contributed by atoms with van der Waals surface area (Å²) in [5, 5.41) is 3.22. The standard InChI is InChI=1S/C20H20FN3O3S3/c1-28-15-3-5-16(6-4-15)30(26,27)24-10-8-13(9-11-24)19(25)23-20-22-17-7-2-14(21)12-18(17)29-20/h2-7,12-13H,8-11H2,1H3,(H,22,23,25). The van der Waals surface area contributed by atoms with E-state index in [4.69, 9.17) is 0 Å². The van der Waals surface area contributed by atoms with Crippen LogP contribution in [0.1, 0.15) is 12.8 Å². The van der Waals surface area contributed by atoms with E-state index in [9.17, 15) is 17.6 Å². The van der Waals surface area contributed by atoms with Crippen LogP contribution in [-0.2, 0) is 14.8 Å². The number of amides is 1. The third kappa shape index (κ3) is 4.36. The Hall–Kier alpha value is -2.01. The smallest absolute Gasteiger partial charge is 0.243 e. The second-order valence-electron chi connectivity index (χ2n) is 6.97. The molecule has 0 bridgehead atoms. The number of halogens is 1. The lowest BCUT2D eigenvalue weighted by molar-refractivity contribution is -0.120. The Balaban J connectivity index is 1.38. The van der Waals surface area contributed by atoms with E-state index in [2.05, 4.69) is 10.3 Å². The molecule has 0 saturated carbocycles. The van der Waals surface area contributed by atoms with Gasteiger partial charge in [0.2, 0.25) is 15.9 Å². The van der Waals surface area contributed by atoms with Gasteiger partial charge in [-0.3, -0.25) is 4.79 Å². The lowest BCUT2D eigenvalue weighted by atomic mass is 9.97. The Bertz CT molecular complexity index is 1170. The summed E-state index contributed by atoms with van der Waals surface area (Å²) >= 11 is 2.77. The molecule has 2 aromatic carbocycles. The molecule has 4 rings (SSSR count). The highest BCUT2D eigenvalue weighted by Crippen LogP contribution is 2.29. The summed E-state index contributed by atoms with van der Waals surface area (Å²) in [6.45, 7) is 0.575. The van der Waals surface area contributed by atoms with Gasteiger partial charge in [0.1, 0.15) is 5.82 Å². The van der Waals surface area contributed by atoms with Crippen LogP contribution in [0.3, 0.4) is 0 Å². The molecule has 3 aromatic rings. The van der Waals surface area contributed by atoms with E-state index < -0.39 is 10.0 Å². The lowest BCUT2D eigenvalue weighted by Gasteiger charge is -2.30. The molecule has 6 nitrogen and oxygen atoms in total. The third-order valence-electron chi connectivity index (χ3n) is 5.10. The molecule has 0 aliphatic carbocycles. The minimum atomic E-state index is -3.57. The Labute approximate surface area is 182 Å². The van der Waals surface area contributed by atoms with E-state index in [-0.39, 0.29) is 35.6 Å². The Morgan fingerprint density at radius 1 is 1.20 bits per heavy atom. The van der Waals surface area contributed by atoms with E-state index in [1.165, 1.54) is 27.8 Å².